The number of nitrogens with one attached hydrogen (secondary N) is 2. The predicted octanol–water partition coefficient (Wildman–Crippen LogP) is 2.48. The number of thiocarbonyl (C=S) groups is 1. The Morgan fingerprint density at radius 3 is 3.18 bits per heavy atom. The van der Waals surface area contributed by atoms with Crippen molar-refractivity contribution >= 4 is 23.5 Å². The Labute approximate surface area is 136 Å². The Balaban J connectivity index is 1.30. The highest BCUT2D eigenvalue weighted by Gasteiger charge is 2.52. The normalized spacial score (nSPS) is 35.0. The first-order chi connectivity index (χ1) is 10.8. The molecule has 4 nitrogen and oxygen atoms in total. The molecule has 3 aliphatic carbocycles. The van der Waals surface area contributed by atoms with E-state index in [-0.39, 0.29) is 0 Å². The number of fused-ring (bicyclic) bond motifs is 5. The van der Waals surface area contributed by atoms with E-state index in [2.05, 4.69) is 33.0 Å². The summed E-state index contributed by atoms with van der Waals surface area (Å²) in [6, 6.07) is 4.35. The summed E-state index contributed by atoms with van der Waals surface area (Å²) in [6.07, 6.45) is 13.9. The molecule has 2 saturated carbocycles. The third-order valence-corrected chi connectivity index (χ3v) is 5.60. The van der Waals surface area contributed by atoms with Gasteiger partial charge in [0.15, 0.2) is 5.11 Å². The van der Waals surface area contributed by atoms with Crippen molar-refractivity contribution in [3.8, 4) is 0 Å². The third kappa shape index (κ3) is 2.54. The molecule has 22 heavy (non-hydrogen) atoms. The van der Waals surface area contributed by atoms with E-state index in [0.29, 0.717) is 11.2 Å². The number of hydrazone groups is 1. The molecule has 1 aromatic heterocycles. The van der Waals surface area contributed by atoms with Gasteiger partial charge in [0.05, 0.1) is 6.21 Å². The van der Waals surface area contributed by atoms with Crippen molar-refractivity contribution < 1.29 is 0 Å². The average Bonchev–Trinajstić information content (AvgIpc) is 3.20. The van der Waals surface area contributed by atoms with Gasteiger partial charge in [-0.15, -0.1) is 0 Å². The first-order valence-corrected chi connectivity index (χ1v) is 8.38. The van der Waals surface area contributed by atoms with Crippen molar-refractivity contribution in [1.82, 2.24) is 15.7 Å². The second-order valence-electron chi connectivity index (χ2n) is 6.54. The summed E-state index contributed by atoms with van der Waals surface area (Å²) in [7, 11) is 0. The number of aromatic nitrogens is 1. The summed E-state index contributed by atoms with van der Waals surface area (Å²) in [5.41, 5.74) is 3.88. The lowest BCUT2D eigenvalue weighted by Gasteiger charge is -2.32. The number of pyridine rings is 1. The van der Waals surface area contributed by atoms with Crippen LogP contribution in [0.4, 0.5) is 0 Å². The second-order valence-corrected chi connectivity index (χ2v) is 6.94. The smallest absolute Gasteiger partial charge is 0.187 e. The van der Waals surface area contributed by atoms with Crippen molar-refractivity contribution in [2.45, 2.75) is 25.3 Å². The fourth-order valence-electron chi connectivity index (χ4n) is 4.53. The third-order valence-electron chi connectivity index (χ3n) is 5.39. The molecule has 1 aromatic rings. The molecule has 0 spiro atoms. The lowest BCUT2D eigenvalue weighted by atomic mass is 9.79. The molecule has 0 amide bonds. The Morgan fingerprint density at radius 2 is 2.32 bits per heavy atom. The molecule has 5 heteroatoms. The molecule has 0 radical (unpaired) electrons. The maximum atomic E-state index is 5.37. The van der Waals surface area contributed by atoms with Crippen LogP contribution in [0.3, 0.4) is 0 Å². The van der Waals surface area contributed by atoms with Gasteiger partial charge in [-0.25, -0.2) is 0 Å². The largest absolute Gasteiger partial charge is 0.358 e. The van der Waals surface area contributed by atoms with Crippen LogP contribution < -0.4 is 10.7 Å². The molecule has 0 unspecified atom stereocenters. The van der Waals surface area contributed by atoms with Crippen LogP contribution in [-0.2, 0) is 0 Å². The Kier molecular flexibility index (Phi) is 3.66. The van der Waals surface area contributed by atoms with Gasteiger partial charge >= 0.3 is 0 Å². The minimum absolute atomic E-state index is 0.502. The Bertz CT molecular complexity index is 612. The van der Waals surface area contributed by atoms with Gasteiger partial charge in [0.25, 0.3) is 0 Å². The first-order valence-electron chi connectivity index (χ1n) is 7.97. The molecule has 0 saturated heterocycles. The highest BCUT2D eigenvalue weighted by molar-refractivity contribution is 7.80. The zero-order chi connectivity index (χ0) is 14.9. The highest BCUT2D eigenvalue weighted by Crippen LogP contribution is 2.56. The van der Waals surface area contributed by atoms with Gasteiger partial charge in [0.2, 0.25) is 0 Å². The molecule has 114 valence electrons. The summed E-state index contributed by atoms with van der Waals surface area (Å²) < 4.78 is 0. The molecule has 2 N–H and O–H groups in total. The van der Waals surface area contributed by atoms with Crippen molar-refractivity contribution in [2.75, 3.05) is 0 Å². The fourth-order valence-corrected chi connectivity index (χ4v) is 4.73. The zero-order valence-electron chi connectivity index (χ0n) is 12.4. The quantitative estimate of drug-likeness (QED) is 0.390. The van der Waals surface area contributed by atoms with Gasteiger partial charge in [-0.05, 0) is 61.2 Å². The lowest BCUT2D eigenvalue weighted by molar-refractivity contribution is 0.246. The lowest BCUT2D eigenvalue weighted by Crippen LogP contribution is -2.45. The number of rotatable bonds is 3. The van der Waals surface area contributed by atoms with Crippen LogP contribution in [0.5, 0.6) is 0 Å². The molecule has 0 aliphatic heterocycles. The van der Waals surface area contributed by atoms with E-state index in [1.54, 1.807) is 18.6 Å². The van der Waals surface area contributed by atoms with E-state index < -0.39 is 0 Å². The number of allylic oxidation sites excluding steroid dienone is 2. The molecule has 4 rings (SSSR count). The summed E-state index contributed by atoms with van der Waals surface area (Å²) in [4.78, 5) is 4.05. The summed E-state index contributed by atoms with van der Waals surface area (Å²) in [5, 5.41) is 8.27. The van der Waals surface area contributed by atoms with Crippen LogP contribution >= 0.6 is 12.2 Å². The number of nitrogens with zero attached hydrogens (tertiary/aromatic N) is 2. The van der Waals surface area contributed by atoms with Crippen LogP contribution in [0.2, 0.25) is 0 Å². The molecular weight excluding hydrogens is 292 g/mol. The van der Waals surface area contributed by atoms with Gasteiger partial charge in [0, 0.05) is 24.0 Å². The van der Waals surface area contributed by atoms with E-state index in [9.17, 15) is 0 Å². The van der Waals surface area contributed by atoms with E-state index >= 15 is 0 Å². The first kappa shape index (κ1) is 13.9. The summed E-state index contributed by atoms with van der Waals surface area (Å²) >= 11 is 5.37. The van der Waals surface area contributed by atoms with E-state index in [1.165, 1.54) is 19.3 Å². The van der Waals surface area contributed by atoms with E-state index in [4.69, 9.17) is 12.2 Å². The van der Waals surface area contributed by atoms with Gasteiger partial charge in [0.1, 0.15) is 0 Å². The standard InChI is InChI=1S/C17H20N4S/c22-17(21-19-10-11-3-2-6-18-9-11)20-16-8-12-7-15(16)14-5-1-4-13(12)14/h1-3,5-6,9-10,12-16H,4,7-8H2,(H2,20,21,22)/b19-10-/t12-,13-,14+,15-,16-/m1/s1. The van der Waals surface area contributed by atoms with E-state index in [1.807, 2.05) is 12.1 Å². The number of hydrogen-bond acceptors (Lipinski definition) is 3. The van der Waals surface area contributed by atoms with Gasteiger partial charge < -0.3 is 5.32 Å². The predicted molar refractivity (Wildman–Crippen MR) is 91.4 cm³/mol. The van der Waals surface area contributed by atoms with Crippen LogP contribution in [0, 0.1) is 23.7 Å². The molecule has 0 aromatic carbocycles. The fraction of sp³-hybridized carbons (Fsp3) is 0.471. The molecule has 2 fully saturated rings. The maximum absolute atomic E-state index is 5.37. The summed E-state index contributed by atoms with van der Waals surface area (Å²) in [5.74, 6) is 3.31. The molecule has 3 aliphatic rings. The van der Waals surface area contributed by atoms with E-state index in [0.717, 1.165) is 29.2 Å². The maximum Gasteiger partial charge on any atom is 0.187 e. The van der Waals surface area contributed by atoms with Gasteiger partial charge in [-0.2, -0.15) is 5.10 Å². The van der Waals surface area contributed by atoms with Crippen LogP contribution in [-0.4, -0.2) is 22.4 Å². The van der Waals surface area contributed by atoms with Crippen molar-refractivity contribution in [3.05, 3.63) is 42.2 Å². The van der Waals surface area contributed by atoms with Gasteiger partial charge in [-0.3, -0.25) is 10.4 Å². The monoisotopic (exact) mass is 312 g/mol. The highest BCUT2D eigenvalue weighted by atomic mass is 32.1. The summed E-state index contributed by atoms with van der Waals surface area (Å²) in [6.45, 7) is 0. The Morgan fingerprint density at radius 1 is 1.36 bits per heavy atom. The topological polar surface area (TPSA) is 49.3 Å². The minimum Gasteiger partial charge on any atom is -0.358 e. The van der Waals surface area contributed by atoms with Crippen LogP contribution in [0.25, 0.3) is 0 Å². The SMILES string of the molecule is S=C(N/N=C\c1cccnc1)N[C@@H]1C[C@H]2C[C@@H]1[C@H]1C=CC[C@H]21. The van der Waals surface area contributed by atoms with Gasteiger partial charge in [-0.1, -0.05) is 18.2 Å². The Hall–Kier alpha value is -1.75. The second kappa shape index (κ2) is 5.80. The molecular formula is C17H20N4S. The van der Waals surface area contributed by atoms with Crippen molar-refractivity contribution in [1.29, 1.82) is 0 Å². The van der Waals surface area contributed by atoms with Crippen LogP contribution in [0.15, 0.2) is 41.8 Å². The minimum atomic E-state index is 0.502. The van der Waals surface area contributed by atoms with Crippen molar-refractivity contribution in [3.63, 3.8) is 0 Å². The van der Waals surface area contributed by atoms with Crippen LogP contribution in [0.1, 0.15) is 24.8 Å². The zero-order valence-corrected chi connectivity index (χ0v) is 13.2. The average molecular weight is 312 g/mol. The molecule has 5 atom stereocenters. The molecule has 1 heterocycles. The molecule has 2 bridgehead atoms. The number of hydrogen-bond donors (Lipinski definition) is 2. The van der Waals surface area contributed by atoms with Crippen molar-refractivity contribution in [2.24, 2.45) is 28.8 Å².